The van der Waals surface area contributed by atoms with Gasteiger partial charge in [-0.1, -0.05) is 0 Å². The summed E-state index contributed by atoms with van der Waals surface area (Å²) in [6, 6.07) is -0.635. The van der Waals surface area contributed by atoms with Crippen molar-refractivity contribution in [3.8, 4) is 0 Å². The summed E-state index contributed by atoms with van der Waals surface area (Å²) in [5, 5.41) is 2.82. The second-order valence-electron chi connectivity index (χ2n) is 3.94. The molecule has 1 atom stereocenters. The van der Waals surface area contributed by atoms with Gasteiger partial charge in [-0.15, -0.1) is 0 Å². The van der Waals surface area contributed by atoms with Crippen molar-refractivity contribution in [2.75, 3.05) is 6.54 Å². The van der Waals surface area contributed by atoms with Crippen molar-refractivity contribution in [2.24, 2.45) is 0 Å². The van der Waals surface area contributed by atoms with E-state index in [1.807, 2.05) is 0 Å². The summed E-state index contributed by atoms with van der Waals surface area (Å²) in [7, 11) is 0. The molecule has 0 unspecified atom stereocenters. The summed E-state index contributed by atoms with van der Waals surface area (Å²) in [5.74, 6) is -5.17. The molecule has 1 nitrogen and oxygen atoms in total. The van der Waals surface area contributed by atoms with Gasteiger partial charge in [-0.05, 0) is 26.3 Å². The minimum atomic E-state index is -1.30. The highest BCUT2D eigenvalue weighted by molar-refractivity contribution is 5.31. The van der Waals surface area contributed by atoms with Crippen LogP contribution in [0.5, 0.6) is 0 Å². The van der Waals surface area contributed by atoms with Crippen LogP contribution in [0.15, 0.2) is 0 Å². The average Bonchev–Trinajstić information content (AvgIpc) is 2.77. The van der Waals surface area contributed by atoms with Gasteiger partial charge in [-0.3, -0.25) is 0 Å². The van der Waals surface area contributed by atoms with Crippen LogP contribution >= 0.6 is 0 Å². The van der Waals surface area contributed by atoms with Crippen molar-refractivity contribution in [3.63, 3.8) is 0 Å². The van der Waals surface area contributed by atoms with Gasteiger partial charge in [0.15, 0.2) is 23.3 Å². The SMILES string of the molecule is Cc1c(F)c(F)c([C@@H]2CCCN2)c(F)c1F. The van der Waals surface area contributed by atoms with Crippen LogP contribution in [0.4, 0.5) is 17.6 Å². The van der Waals surface area contributed by atoms with E-state index in [2.05, 4.69) is 5.32 Å². The number of rotatable bonds is 1. The highest BCUT2D eigenvalue weighted by Crippen LogP contribution is 2.32. The summed E-state index contributed by atoms with van der Waals surface area (Å²) in [6.45, 7) is 1.61. The second kappa shape index (κ2) is 4.05. The number of hydrogen-bond donors (Lipinski definition) is 1. The fourth-order valence-electron chi connectivity index (χ4n) is 2.00. The predicted molar refractivity (Wildman–Crippen MR) is 51.0 cm³/mol. The molecule has 1 heterocycles. The fourth-order valence-corrected chi connectivity index (χ4v) is 2.00. The zero-order chi connectivity index (χ0) is 11.9. The summed E-state index contributed by atoms with van der Waals surface area (Å²) in [6.07, 6.45) is 1.22. The van der Waals surface area contributed by atoms with Gasteiger partial charge >= 0.3 is 0 Å². The molecule has 0 spiro atoms. The molecule has 1 fully saturated rings. The molecule has 1 aromatic rings. The van der Waals surface area contributed by atoms with Gasteiger partial charge < -0.3 is 5.32 Å². The first-order valence-electron chi connectivity index (χ1n) is 5.10. The zero-order valence-corrected chi connectivity index (χ0v) is 8.71. The van der Waals surface area contributed by atoms with Crippen molar-refractivity contribution in [3.05, 3.63) is 34.4 Å². The molecular formula is C11H11F4N. The van der Waals surface area contributed by atoms with Crippen LogP contribution in [0.1, 0.15) is 30.0 Å². The molecule has 1 aromatic carbocycles. The largest absolute Gasteiger partial charge is 0.310 e. The van der Waals surface area contributed by atoms with Crippen molar-refractivity contribution in [1.82, 2.24) is 5.32 Å². The van der Waals surface area contributed by atoms with Gasteiger partial charge in [0.2, 0.25) is 0 Å². The summed E-state index contributed by atoms with van der Waals surface area (Å²) in [5.41, 5.74) is -1.13. The molecule has 88 valence electrons. The van der Waals surface area contributed by atoms with Crippen LogP contribution in [0.25, 0.3) is 0 Å². The second-order valence-corrected chi connectivity index (χ2v) is 3.94. The first-order valence-corrected chi connectivity index (χ1v) is 5.10. The van der Waals surface area contributed by atoms with E-state index >= 15 is 0 Å². The third-order valence-electron chi connectivity index (χ3n) is 2.93. The molecular weight excluding hydrogens is 222 g/mol. The van der Waals surface area contributed by atoms with Crippen LogP contribution in [-0.2, 0) is 0 Å². The number of benzene rings is 1. The first-order chi connectivity index (χ1) is 7.54. The molecule has 1 aliphatic rings. The highest BCUT2D eigenvalue weighted by atomic mass is 19.2. The molecule has 0 bridgehead atoms. The van der Waals surface area contributed by atoms with Crippen LogP contribution in [0.2, 0.25) is 0 Å². The van der Waals surface area contributed by atoms with Gasteiger partial charge in [-0.2, -0.15) is 0 Å². The van der Waals surface area contributed by atoms with Crippen molar-refractivity contribution >= 4 is 0 Å². The van der Waals surface area contributed by atoms with Gasteiger partial charge in [-0.25, -0.2) is 17.6 Å². The maximum atomic E-state index is 13.5. The predicted octanol–water partition coefficient (Wildman–Crippen LogP) is 2.98. The lowest BCUT2D eigenvalue weighted by Crippen LogP contribution is -2.18. The normalized spacial score (nSPS) is 20.4. The molecule has 2 rings (SSSR count). The van der Waals surface area contributed by atoms with Gasteiger partial charge in [0.25, 0.3) is 0 Å². The zero-order valence-electron chi connectivity index (χ0n) is 8.71. The Morgan fingerprint density at radius 2 is 1.56 bits per heavy atom. The van der Waals surface area contributed by atoms with E-state index in [0.29, 0.717) is 13.0 Å². The van der Waals surface area contributed by atoms with Crippen LogP contribution < -0.4 is 5.32 Å². The Morgan fingerprint density at radius 3 is 2.00 bits per heavy atom. The van der Waals surface area contributed by atoms with Crippen LogP contribution in [0, 0.1) is 30.2 Å². The quantitative estimate of drug-likeness (QED) is 0.580. The number of hydrogen-bond acceptors (Lipinski definition) is 1. The lowest BCUT2D eigenvalue weighted by molar-refractivity contribution is 0.413. The molecule has 1 saturated heterocycles. The number of halogens is 4. The molecule has 0 aromatic heterocycles. The third-order valence-corrected chi connectivity index (χ3v) is 2.93. The summed E-state index contributed by atoms with van der Waals surface area (Å²) in [4.78, 5) is 0. The molecule has 1 N–H and O–H groups in total. The maximum Gasteiger partial charge on any atom is 0.167 e. The van der Waals surface area contributed by atoms with E-state index in [-0.39, 0.29) is 0 Å². The smallest absolute Gasteiger partial charge is 0.167 e. The monoisotopic (exact) mass is 233 g/mol. The van der Waals surface area contributed by atoms with Gasteiger partial charge in [0.05, 0.1) is 0 Å². The molecule has 0 amide bonds. The number of nitrogens with one attached hydrogen (secondary N) is 1. The summed E-state index contributed by atoms with van der Waals surface area (Å²) < 4.78 is 53.6. The van der Waals surface area contributed by atoms with E-state index in [1.54, 1.807) is 0 Å². The van der Waals surface area contributed by atoms with Gasteiger partial charge in [0, 0.05) is 17.2 Å². The molecule has 5 heteroatoms. The lowest BCUT2D eigenvalue weighted by atomic mass is 10.0. The Morgan fingerprint density at radius 1 is 1.00 bits per heavy atom. The average molecular weight is 233 g/mol. The molecule has 0 saturated carbocycles. The van der Waals surface area contributed by atoms with E-state index in [1.165, 1.54) is 0 Å². The molecule has 1 aliphatic heterocycles. The minimum absolute atomic E-state index is 0.482. The van der Waals surface area contributed by atoms with E-state index in [0.717, 1.165) is 13.3 Å². The lowest BCUT2D eigenvalue weighted by Gasteiger charge is -2.15. The summed E-state index contributed by atoms with van der Waals surface area (Å²) >= 11 is 0. The minimum Gasteiger partial charge on any atom is -0.310 e. The Hall–Kier alpha value is -1.10. The van der Waals surface area contributed by atoms with Crippen LogP contribution in [0.3, 0.4) is 0 Å². The van der Waals surface area contributed by atoms with E-state index in [4.69, 9.17) is 0 Å². The van der Waals surface area contributed by atoms with E-state index < -0.39 is 40.4 Å². The Bertz CT molecular complexity index is 395. The van der Waals surface area contributed by atoms with E-state index in [9.17, 15) is 17.6 Å². The van der Waals surface area contributed by atoms with Crippen molar-refractivity contribution in [2.45, 2.75) is 25.8 Å². The Kier molecular flexibility index (Phi) is 2.88. The van der Waals surface area contributed by atoms with Crippen LogP contribution in [-0.4, -0.2) is 6.54 Å². The molecule has 0 radical (unpaired) electrons. The third kappa shape index (κ3) is 1.59. The van der Waals surface area contributed by atoms with Crippen molar-refractivity contribution in [1.29, 1.82) is 0 Å². The highest BCUT2D eigenvalue weighted by Gasteiger charge is 2.29. The first kappa shape index (κ1) is 11.4. The topological polar surface area (TPSA) is 12.0 Å². The van der Waals surface area contributed by atoms with Gasteiger partial charge in [0.1, 0.15) is 0 Å². The Balaban J connectivity index is 2.59. The maximum absolute atomic E-state index is 13.5. The van der Waals surface area contributed by atoms with Crippen molar-refractivity contribution < 1.29 is 17.6 Å². The molecule has 0 aliphatic carbocycles. The molecule has 16 heavy (non-hydrogen) atoms. The standard InChI is InChI=1S/C11H11F4N/c1-5-8(12)10(14)7(11(15)9(5)13)6-3-2-4-16-6/h6,16H,2-4H2,1H3/t6-/m0/s1. The Labute approximate surface area is 90.5 Å². The fraction of sp³-hybridized carbons (Fsp3) is 0.455.